The van der Waals surface area contributed by atoms with E-state index in [4.69, 9.17) is 0 Å². The number of aliphatic imine (C=N–C) groups is 1. The van der Waals surface area contributed by atoms with Gasteiger partial charge in [-0.2, -0.15) is 0 Å². The Kier molecular flexibility index (Phi) is 10.0. The van der Waals surface area contributed by atoms with Crippen molar-refractivity contribution in [3.63, 3.8) is 0 Å². The smallest absolute Gasteiger partial charge is 0.191 e. The van der Waals surface area contributed by atoms with Crippen molar-refractivity contribution in [2.75, 3.05) is 44.7 Å². The molecular weight excluding hydrogens is 473 g/mol. The van der Waals surface area contributed by atoms with Gasteiger partial charge < -0.3 is 20.4 Å². The van der Waals surface area contributed by atoms with Crippen molar-refractivity contribution in [1.29, 1.82) is 0 Å². The quantitative estimate of drug-likeness (QED) is 0.339. The Labute approximate surface area is 194 Å². The highest BCUT2D eigenvalue weighted by molar-refractivity contribution is 14.0. The molecule has 1 aromatic rings. The molecular formula is C23H40IN5. The summed E-state index contributed by atoms with van der Waals surface area (Å²) in [5.41, 5.74) is 2.67. The molecule has 0 aromatic heterocycles. The molecule has 2 heterocycles. The highest BCUT2D eigenvalue weighted by atomic mass is 127. The number of benzene rings is 1. The van der Waals surface area contributed by atoms with Crippen molar-refractivity contribution in [2.24, 2.45) is 10.9 Å². The summed E-state index contributed by atoms with van der Waals surface area (Å²) < 4.78 is 0. The minimum Gasteiger partial charge on any atom is -0.372 e. The fourth-order valence-corrected chi connectivity index (χ4v) is 4.42. The van der Waals surface area contributed by atoms with E-state index < -0.39 is 0 Å². The highest BCUT2D eigenvalue weighted by Crippen LogP contribution is 2.24. The molecule has 164 valence electrons. The van der Waals surface area contributed by atoms with Gasteiger partial charge in [-0.3, -0.25) is 4.99 Å². The summed E-state index contributed by atoms with van der Waals surface area (Å²) >= 11 is 0. The van der Waals surface area contributed by atoms with Gasteiger partial charge in [0.1, 0.15) is 0 Å². The molecule has 0 aliphatic carbocycles. The lowest BCUT2D eigenvalue weighted by Crippen LogP contribution is -2.46. The lowest BCUT2D eigenvalue weighted by molar-refractivity contribution is 0.141. The second kappa shape index (κ2) is 12.0. The number of hydrogen-bond acceptors (Lipinski definition) is 3. The van der Waals surface area contributed by atoms with Crippen LogP contribution in [0.3, 0.4) is 0 Å². The summed E-state index contributed by atoms with van der Waals surface area (Å²) in [4.78, 5) is 9.55. The first-order valence-corrected chi connectivity index (χ1v) is 11.1. The first kappa shape index (κ1) is 24.3. The van der Waals surface area contributed by atoms with E-state index in [0.717, 1.165) is 12.5 Å². The molecule has 5 nitrogen and oxygen atoms in total. The van der Waals surface area contributed by atoms with E-state index in [1.54, 1.807) is 0 Å². The van der Waals surface area contributed by atoms with Crippen LogP contribution in [-0.2, 0) is 0 Å². The second-order valence-corrected chi connectivity index (χ2v) is 8.71. The number of rotatable bonds is 6. The zero-order chi connectivity index (χ0) is 19.9. The monoisotopic (exact) mass is 513 g/mol. The van der Waals surface area contributed by atoms with E-state index in [-0.39, 0.29) is 30.0 Å². The largest absolute Gasteiger partial charge is 0.372 e. The Bertz CT molecular complexity index is 642. The number of halogens is 1. The number of likely N-dealkylation sites (tertiary alicyclic amines) is 1. The highest BCUT2D eigenvalue weighted by Gasteiger charge is 2.22. The molecule has 2 unspecified atom stereocenters. The first-order valence-electron chi connectivity index (χ1n) is 11.1. The van der Waals surface area contributed by atoms with Crippen LogP contribution in [0.1, 0.15) is 58.1 Å². The Hall–Kier alpha value is -1.02. The van der Waals surface area contributed by atoms with E-state index in [9.17, 15) is 0 Å². The number of piperidine rings is 1. The van der Waals surface area contributed by atoms with Gasteiger partial charge in [-0.15, -0.1) is 24.0 Å². The molecule has 29 heavy (non-hydrogen) atoms. The van der Waals surface area contributed by atoms with Crippen LogP contribution < -0.4 is 15.5 Å². The summed E-state index contributed by atoms with van der Waals surface area (Å²) in [6.07, 6.45) is 5.23. The molecule has 2 atom stereocenters. The van der Waals surface area contributed by atoms with Crippen molar-refractivity contribution in [3.8, 4) is 0 Å². The summed E-state index contributed by atoms with van der Waals surface area (Å²) in [6.45, 7) is 12.6. The molecule has 0 bridgehead atoms. The van der Waals surface area contributed by atoms with Crippen molar-refractivity contribution in [2.45, 2.75) is 58.5 Å². The number of hydrogen-bond donors (Lipinski definition) is 2. The molecule has 2 fully saturated rings. The van der Waals surface area contributed by atoms with Gasteiger partial charge in [-0.05, 0) is 76.6 Å². The van der Waals surface area contributed by atoms with Gasteiger partial charge >= 0.3 is 0 Å². The molecule has 0 radical (unpaired) electrons. The van der Waals surface area contributed by atoms with Crippen LogP contribution in [0.25, 0.3) is 0 Å². The number of guanidine groups is 1. The minimum absolute atomic E-state index is 0. The van der Waals surface area contributed by atoms with Gasteiger partial charge in [0.05, 0.1) is 6.04 Å². The third-order valence-corrected chi connectivity index (χ3v) is 6.26. The van der Waals surface area contributed by atoms with Gasteiger partial charge in [0.2, 0.25) is 0 Å². The van der Waals surface area contributed by atoms with Crippen molar-refractivity contribution in [1.82, 2.24) is 15.5 Å². The Morgan fingerprint density at radius 3 is 2.59 bits per heavy atom. The zero-order valence-electron chi connectivity index (χ0n) is 18.7. The van der Waals surface area contributed by atoms with Gasteiger partial charge in [-0.1, -0.05) is 12.1 Å². The van der Waals surface area contributed by atoms with Gasteiger partial charge in [0, 0.05) is 45.0 Å². The normalized spacial score (nSPS) is 21.8. The van der Waals surface area contributed by atoms with Gasteiger partial charge in [0.25, 0.3) is 0 Å². The summed E-state index contributed by atoms with van der Waals surface area (Å²) in [7, 11) is 1.87. The second-order valence-electron chi connectivity index (χ2n) is 8.71. The van der Waals surface area contributed by atoms with Gasteiger partial charge in [0.15, 0.2) is 5.96 Å². The molecule has 0 spiro atoms. The van der Waals surface area contributed by atoms with Crippen LogP contribution in [0.15, 0.2) is 29.3 Å². The minimum atomic E-state index is 0. The van der Waals surface area contributed by atoms with Crippen LogP contribution in [0.5, 0.6) is 0 Å². The van der Waals surface area contributed by atoms with Crippen LogP contribution in [0.4, 0.5) is 5.69 Å². The lowest BCUT2D eigenvalue weighted by atomic mass is 9.97. The van der Waals surface area contributed by atoms with Crippen LogP contribution in [-0.4, -0.2) is 56.7 Å². The number of anilines is 1. The maximum atomic E-state index is 4.46. The fraction of sp³-hybridized carbons (Fsp3) is 0.696. The Morgan fingerprint density at radius 1 is 1.14 bits per heavy atom. The fourth-order valence-electron chi connectivity index (χ4n) is 4.42. The zero-order valence-corrected chi connectivity index (χ0v) is 21.0. The van der Waals surface area contributed by atoms with E-state index in [2.05, 4.69) is 70.5 Å². The third kappa shape index (κ3) is 7.02. The van der Waals surface area contributed by atoms with Crippen LogP contribution >= 0.6 is 24.0 Å². The van der Waals surface area contributed by atoms with Crippen LogP contribution in [0, 0.1) is 5.92 Å². The number of nitrogens with one attached hydrogen (secondary N) is 2. The number of nitrogens with zero attached hydrogens (tertiary/aromatic N) is 3. The maximum Gasteiger partial charge on any atom is 0.191 e. The van der Waals surface area contributed by atoms with E-state index in [0.29, 0.717) is 12.0 Å². The first-order chi connectivity index (χ1) is 13.6. The van der Waals surface area contributed by atoms with Crippen molar-refractivity contribution < 1.29 is 0 Å². The predicted octanol–water partition coefficient (Wildman–Crippen LogP) is 4.25. The summed E-state index contributed by atoms with van der Waals surface area (Å²) in [6, 6.07) is 9.83. The van der Waals surface area contributed by atoms with Crippen LogP contribution in [0.2, 0.25) is 0 Å². The van der Waals surface area contributed by atoms with E-state index in [1.165, 1.54) is 63.1 Å². The Morgan fingerprint density at radius 2 is 1.90 bits per heavy atom. The molecule has 2 aliphatic heterocycles. The Balaban J connectivity index is 0.00000300. The summed E-state index contributed by atoms with van der Waals surface area (Å²) in [5.74, 6) is 1.60. The molecule has 2 aliphatic rings. The average molecular weight is 514 g/mol. The van der Waals surface area contributed by atoms with Crippen molar-refractivity contribution in [3.05, 3.63) is 29.8 Å². The van der Waals surface area contributed by atoms with E-state index in [1.807, 2.05) is 7.05 Å². The molecule has 1 aromatic carbocycles. The predicted molar refractivity (Wildman–Crippen MR) is 136 cm³/mol. The topological polar surface area (TPSA) is 42.9 Å². The molecule has 0 amide bonds. The summed E-state index contributed by atoms with van der Waals surface area (Å²) in [5, 5.41) is 7.15. The molecule has 6 heteroatoms. The molecule has 0 saturated carbocycles. The van der Waals surface area contributed by atoms with E-state index >= 15 is 0 Å². The van der Waals surface area contributed by atoms with Crippen molar-refractivity contribution >= 4 is 35.6 Å². The molecule has 2 N–H and O–H groups in total. The van der Waals surface area contributed by atoms with Gasteiger partial charge in [-0.25, -0.2) is 0 Å². The maximum absolute atomic E-state index is 4.46. The molecule has 3 rings (SSSR count). The average Bonchev–Trinajstić information content (AvgIpc) is 3.26. The third-order valence-electron chi connectivity index (χ3n) is 6.26. The standard InChI is InChI=1S/C23H39N5.HI/c1-18(2)28-14-8-9-20(17-28)16-25-23(24-4)26-19(3)21-10-7-11-22(15-21)27-12-5-6-13-27;/h7,10-11,15,18-20H,5-6,8-9,12-14,16-17H2,1-4H3,(H2,24,25,26);1H. The molecule has 2 saturated heterocycles. The SMILES string of the molecule is CN=C(NCC1CCCN(C(C)C)C1)NC(C)c1cccc(N2CCCC2)c1.I. The lowest BCUT2D eigenvalue weighted by Gasteiger charge is -2.35.